The third-order valence-electron chi connectivity index (χ3n) is 4.91. The summed E-state index contributed by atoms with van der Waals surface area (Å²) in [6.45, 7) is 9.44. The maximum absolute atomic E-state index is 5.95. The summed E-state index contributed by atoms with van der Waals surface area (Å²) in [5.74, 6) is 0.924. The van der Waals surface area contributed by atoms with E-state index in [9.17, 15) is 0 Å². The lowest BCUT2D eigenvalue weighted by Gasteiger charge is -2.34. The van der Waals surface area contributed by atoms with E-state index in [4.69, 9.17) is 16.1 Å². The van der Waals surface area contributed by atoms with E-state index in [0.29, 0.717) is 6.04 Å². The van der Waals surface area contributed by atoms with E-state index >= 15 is 0 Å². The quantitative estimate of drug-likeness (QED) is 0.877. The van der Waals surface area contributed by atoms with Gasteiger partial charge in [0, 0.05) is 29.2 Å². The Kier molecular flexibility index (Phi) is 5.59. The molecule has 1 aromatic carbocycles. The smallest absolute Gasteiger partial charge is 0.138 e. The minimum Gasteiger partial charge on any atom is -0.361 e. The Balaban J connectivity index is 1.49. The number of halogens is 1. The van der Waals surface area contributed by atoms with Crippen LogP contribution in [0.15, 0.2) is 28.8 Å². The van der Waals surface area contributed by atoms with Crippen molar-refractivity contribution in [2.45, 2.75) is 52.2 Å². The van der Waals surface area contributed by atoms with Gasteiger partial charge in [-0.05, 0) is 64.4 Å². The van der Waals surface area contributed by atoms with Gasteiger partial charge in [0.05, 0.1) is 5.69 Å². The van der Waals surface area contributed by atoms with Crippen LogP contribution < -0.4 is 5.32 Å². The van der Waals surface area contributed by atoms with Gasteiger partial charge in [-0.25, -0.2) is 0 Å². The fourth-order valence-electron chi connectivity index (χ4n) is 3.65. The molecule has 0 aliphatic carbocycles. The number of hydrogen-bond acceptors (Lipinski definition) is 4. The van der Waals surface area contributed by atoms with Crippen molar-refractivity contribution in [3.63, 3.8) is 0 Å². The molecule has 1 aromatic heterocycles. The highest BCUT2D eigenvalue weighted by Gasteiger charge is 2.23. The Bertz CT molecular complexity index is 640. The molecule has 24 heavy (non-hydrogen) atoms. The van der Waals surface area contributed by atoms with E-state index in [1.54, 1.807) is 0 Å². The van der Waals surface area contributed by atoms with E-state index in [1.165, 1.54) is 24.0 Å². The van der Waals surface area contributed by atoms with Crippen molar-refractivity contribution in [3.05, 3.63) is 51.9 Å². The third kappa shape index (κ3) is 4.18. The van der Waals surface area contributed by atoms with Crippen LogP contribution in [0.4, 0.5) is 0 Å². The second kappa shape index (κ2) is 7.68. The monoisotopic (exact) mass is 347 g/mol. The average Bonchev–Trinajstić information content (AvgIpc) is 2.90. The van der Waals surface area contributed by atoms with Crippen molar-refractivity contribution >= 4 is 11.6 Å². The molecule has 1 fully saturated rings. The first-order chi connectivity index (χ1) is 11.5. The Hall–Kier alpha value is -1.36. The molecule has 0 amide bonds. The highest BCUT2D eigenvalue weighted by Crippen LogP contribution is 2.23. The molecular formula is C19H26ClN3O. The predicted octanol–water partition coefficient (Wildman–Crippen LogP) is 4.26. The number of likely N-dealkylation sites (tertiary alicyclic amines) is 1. The summed E-state index contributed by atoms with van der Waals surface area (Å²) in [7, 11) is 0. The van der Waals surface area contributed by atoms with E-state index in [0.717, 1.165) is 36.1 Å². The summed E-state index contributed by atoms with van der Waals surface area (Å²) in [6.07, 6.45) is 2.34. The summed E-state index contributed by atoms with van der Waals surface area (Å²) in [5, 5.41) is 8.61. The van der Waals surface area contributed by atoms with Crippen molar-refractivity contribution in [1.82, 2.24) is 15.4 Å². The standard InChI is InChI=1S/C19H26ClN3O/c1-13(19-14(2)22-24-15(19)3)21-18-8-10-23(11-9-18)12-16-4-6-17(20)7-5-16/h4-7,13,18,21H,8-12H2,1-3H3. The van der Waals surface area contributed by atoms with Crippen LogP contribution in [0.25, 0.3) is 0 Å². The Morgan fingerprint density at radius 2 is 1.92 bits per heavy atom. The fraction of sp³-hybridized carbons (Fsp3) is 0.526. The van der Waals surface area contributed by atoms with E-state index in [2.05, 4.69) is 34.4 Å². The largest absolute Gasteiger partial charge is 0.361 e. The number of piperidine rings is 1. The van der Waals surface area contributed by atoms with Gasteiger partial charge >= 0.3 is 0 Å². The van der Waals surface area contributed by atoms with Crippen molar-refractivity contribution in [3.8, 4) is 0 Å². The molecule has 1 N–H and O–H groups in total. The molecule has 2 heterocycles. The molecule has 0 spiro atoms. The lowest BCUT2D eigenvalue weighted by molar-refractivity contribution is 0.185. The zero-order valence-electron chi connectivity index (χ0n) is 14.7. The zero-order valence-corrected chi connectivity index (χ0v) is 15.4. The van der Waals surface area contributed by atoms with E-state index in [-0.39, 0.29) is 6.04 Å². The summed E-state index contributed by atoms with van der Waals surface area (Å²) >= 11 is 5.95. The predicted molar refractivity (Wildman–Crippen MR) is 97.3 cm³/mol. The number of rotatable bonds is 5. The molecule has 1 atom stereocenters. The van der Waals surface area contributed by atoms with Crippen LogP contribution in [0.3, 0.4) is 0 Å². The van der Waals surface area contributed by atoms with Gasteiger partial charge in [0.1, 0.15) is 5.76 Å². The highest BCUT2D eigenvalue weighted by atomic mass is 35.5. The van der Waals surface area contributed by atoms with Crippen LogP contribution in [-0.4, -0.2) is 29.2 Å². The molecule has 0 radical (unpaired) electrons. The molecule has 5 heteroatoms. The molecule has 1 saturated heterocycles. The van der Waals surface area contributed by atoms with Crippen LogP contribution in [0.2, 0.25) is 5.02 Å². The first-order valence-corrected chi connectivity index (χ1v) is 9.06. The minimum atomic E-state index is 0.282. The molecule has 0 bridgehead atoms. The first kappa shape index (κ1) is 17.5. The van der Waals surface area contributed by atoms with Gasteiger partial charge in [0.15, 0.2) is 0 Å². The van der Waals surface area contributed by atoms with Gasteiger partial charge in [-0.2, -0.15) is 0 Å². The lowest BCUT2D eigenvalue weighted by atomic mass is 10.0. The van der Waals surface area contributed by atoms with Gasteiger partial charge in [-0.3, -0.25) is 4.90 Å². The molecule has 3 rings (SSSR count). The highest BCUT2D eigenvalue weighted by molar-refractivity contribution is 6.30. The first-order valence-electron chi connectivity index (χ1n) is 8.68. The summed E-state index contributed by atoms with van der Waals surface area (Å²) in [4.78, 5) is 2.52. The van der Waals surface area contributed by atoms with Crippen molar-refractivity contribution in [2.75, 3.05) is 13.1 Å². The van der Waals surface area contributed by atoms with Crippen molar-refractivity contribution in [1.29, 1.82) is 0 Å². The summed E-state index contributed by atoms with van der Waals surface area (Å²) in [6, 6.07) is 9.00. The van der Waals surface area contributed by atoms with Crippen LogP contribution in [0, 0.1) is 13.8 Å². The van der Waals surface area contributed by atoms with E-state index in [1.807, 2.05) is 26.0 Å². The van der Waals surface area contributed by atoms with Gasteiger partial charge < -0.3 is 9.84 Å². The van der Waals surface area contributed by atoms with Crippen molar-refractivity contribution < 1.29 is 4.52 Å². The van der Waals surface area contributed by atoms with Gasteiger partial charge in [0.25, 0.3) is 0 Å². The fourth-order valence-corrected chi connectivity index (χ4v) is 3.78. The maximum Gasteiger partial charge on any atom is 0.138 e. The molecule has 1 aliphatic heterocycles. The van der Waals surface area contributed by atoms with Crippen LogP contribution in [-0.2, 0) is 6.54 Å². The van der Waals surface area contributed by atoms with Crippen LogP contribution in [0.5, 0.6) is 0 Å². The molecule has 1 aliphatic rings. The lowest BCUT2D eigenvalue weighted by Crippen LogP contribution is -2.43. The Morgan fingerprint density at radius 3 is 2.50 bits per heavy atom. The zero-order chi connectivity index (χ0) is 17.1. The van der Waals surface area contributed by atoms with Gasteiger partial charge in [-0.15, -0.1) is 0 Å². The van der Waals surface area contributed by atoms with Crippen LogP contribution >= 0.6 is 11.6 Å². The normalized spacial score (nSPS) is 18.0. The molecule has 1 unspecified atom stereocenters. The van der Waals surface area contributed by atoms with E-state index < -0.39 is 0 Å². The number of benzene rings is 1. The Morgan fingerprint density at radius 1 is 1.25 bits per heavy atom. The third-order valence-corrected chi connectivity index (χ3v) is 5.17. The molecule has 4 nitrogen and oxygen atoms in total. The Labute approximate surface area is 149 Å². The van der Waals surface area contributed by atoms with Gasteiger partial charge in [0.2, 0.25) is 0 Å². The number of hydrogen-bond donors (Lipinski definition) is 1. The number of aryl methyl sites for hydroxylation is 2. The molecule has 2 aromatic rings. The maximum atomic E-state index is 5.95. The topological polar surface area (TPSA) is 41.3 Å². The van der Waals surface area contributed by atoms with Crippen LogP contribution in [0.1, 0.15) is 48.4 Å². The number of nitrogens with one attached hydrogen (secondary N) is 1. The second-order valence-corrected chi connectivity index (χ2v) is 7.24. The second-order valence-electron chi connectivity index (χ2n) is 6.80. The summed E-state index contributed by atoms with van der Waals surface area (Å²) in [5.41, 5.74) is 3.53. The van der Waals surface area contributed by atoms with Crippen molar-refractivity contribution in [2.24, 2.45) is 0 Å². The molecule has 130 valence electrons. The number of aromatic nitrogens is 1. The SMILES string of the molecule is Cc1noc(C)c1C(C)NC1CCN(Cc2ccc(Cl)cc2)CC1. The number of nitrogens with zero attached hydrogens (tertiary/aromatic N) is 2. The summed E-state index contributed by atoms with van der Waals surface area (Å²) < 4.78 is 5.29. The van der Waals surface area contributed by atoms with Gasteiger partial charge in [-0.1, -0.05) is 28.9 Å². The molecule has 0 saturated carbocycles. The average molecular weight is 348 g/mol. The minimum absolute atomic E-state index is 0.282. The molecular weight excluding hydrogens is 322 g/mol.